The van der Waals surface area contributed by atoms with Gasteiger partial charge in [-0.2, -0.15) is 0 Å². The van der Waals surface area contributed by atoms with E-state index < -0.39 is 0 Å². The minimum atomic E-state index is 0.806. The first-order valence-corrected chi connectivity index (χ1v) is 10.5. The smallest absolute Gasteiger partial charge is 0.143 e. The Labute approximate surface area is 186 Å². The van der Waals surface area contributed by atoms with Gasteiger partial charge in [-0.3, -0.25) is 4.57 Å². The van der Waals surface area contributed by atoms with Gasteiger partial charge < -0.3 is 4.42 Å². The van der Waals surface area contributed by atoms with Gasteiger partial charge in [-0.15, -0.1) is 0 Å². The molecule has 3 nitrogen and oxygen atoms in total. The van der Waals surface area contributed by atoms with E-state index in [2.05, 4.69) is 48.1 Å². The summed E-state index contributed by atoms with van der Waals surface area (Å²) in [5.41, 5.74) is 4.81. The van der Waals surface area contributed by atoms with Crippen molar-refractivity contribution < 1.29 is 4.42 Å². The molecule has 0 unspecified atom stereocenters. The van der Waals surface area contributed by atoms with Gasteiger partial charge >= 0.3 is 0 Å². The van der Waals surface area contributed by atoms with Crippen molar-refractivity contribution in [3.05, 3.63) is 128 Å². The lowest BCUT2D eigenvalue weighted by molar-refractivity contribution is 0.619. The molecular weight excluding hydrogens is 392 g/mol. The molecule has 0 spiro atoms. The average Bonchev–Trinajstić information content (AvgIpc) is 3.43. The molecule has 5 rings (SSSR count). The van der Waals surface area contributed by atoms with Crippen LogP contribution in [0.5, 0.6) is 0 Å². The molecule has 0 saturated carbocycles. The van der Waals surface area contributed by atoms with Crippen LogP contribution in [-0.4, -0.2) is 9.55 Å². The second-order valence-corrected chi connectivity index (χ2v) is 7.45. The highest BCUT2D eigenvalue weighted by molar-refractivity contribution is 6.19. The van der Waals surface area contributed by atoms with E-state index >= 15 is 0 Å². The number of nitrogens with zero attached hydrogens (tertiary/aromatic N) is 2. The Balaban J connectivity index is 1.83. The van der Waals surface area contributed by atoms with Crippen LogP contribution < -0.4 is 0 Å². The summed E-state index contributed by atoms with van der Waals surface area (Å²) in [4.78, 5) is 4.90. The molecule has 0 aliphatic heterocycles. The fourth-order valence-electron chi connectivity index (χ4n) is 3.98. The van der Waals surface area contributed by atoms with Crippen LogP contribution in [0.1, 0.15) is 5.56 Å². The zero-order chi connectivity index (χ0) is 21.9. The summed E-state index contributed by atoms with van der Waals surface area (Å²) in [7, 11) is 0. The lowest BCUT2D eigenvalue weighted by atomic mass is 10.1. The molecule has 2 aromatic carbocycles. The Bertz CT molecular complexity index is 1560. The van der Waals surface area contributed by atoms with Gasteiger partial charge in [-0.25, -0.2) is 4.98 Å². The lowest BCUT2D eigenvalue weighted by Gasteiger charge is -2.06. The van der Waals surface area contributed by atoms with E-state index in [1.807, 2.05) is 66.9 Å². The summed E-state index contributed by atoms with van der Waals surface area (Å²) in [5.74, 6) is 0.806. The minimum Gasteiger partial charge on any atom is -0.464 e. The fourth-order valence-corrected chi connectivity index (χ4v) is 3.98. The van der Waals surface area contributed by atoms with E-state index in [9.17, 15) is 0 Å². The maximum absolute atomic E-state index is 5.88. The van der Waals surface area contributed by atoms with Crippen LogP contribution in [0.2, 0.25) is 0 Å². The van der Waals surface area contributed by atoms with E-state index in [1.165, 1.54) is 0 Å². The first-order valence-electron chi connectivity index (χ1n) is 10.5. The summed E-state index contributed by atoms with van der Waals surface area (Å²) in [5, 5.41) is 3.31. The van der Waals surface area contributed by atoms with Crippen molar-refractivity contribution in [3.63, 3.8) is 0 Å². The van der Waals surface area contributed by atoms with Crippen LogP contribution in [0.15, 0.2) is 127 Å². The van der Waals surface area contributed by atoms with Gasteiger partial charge in [0.05, 0.1) is 22.7 Å². The number of aromatic nitrogens is 2. The third kappa shape index (κ3) is 3.40. The number of allylic oxidation sites excluding steroid dienone is 4. The van der Waals surface area contributed by atoms with Gasteiger partial charge in [0.1, 0.15) is 11.4 Å². The van der Waals surface area contributed by atoms with E-state index in [4.69, 9.17) is 9.40 Å². The second kappa shape index (κ2) is 8.40. The van der Waals surface area contributed by atoms with E-state index in [0.717, 1.165) is 49.7 Å². The zero-order valence-electron chi connectivity index (χ0n) is 17.6. The topological polar surface area (TPSA) is 31.0 Å². The van der Waals surface area contributed by atoms with E-state index in [-0.39, 0.29) is 0 Å². The lowest BCUT2D eigenvalue weighted by Crippen LogP contribution is -1.95. The van der Waals surface area contributed by atoms with Crippen molar-refractivity contribution in [1.29, 1.82) is 0 Å². The van der Waals surface area contributed by atoms with Crippen LogP contribution in [-0.2, 0) is 0 Å². The average molecular weight is 415 g/mol. The van der Waals surface area contributed by atoms with E-state index in [0.29, 0.717) is 0 Å². The van der Waals surface area contributed by atoms with Crippen molar-refractivity contribution >= 4 is 38.3 Å². The number of hydrogen-bond donors (Lipinski definition) is 0. The zero-order valence-corrected chi connectivity index (χ0v) is 17.6. The maximum Gasteiger partial charge on any atom is 0.143 e. The Hall–Kier alpha value is -4.37. The van der Waals surface area contributed by atoms with Crippen LogP contribution >= 0.6 is 0 Å². The van der Waals surface area contributed by atoms with Crippen molar-refractivity contribution in [2.45, 2.75) is 0 Å². The number of rotatable bonds is 4. The normalized spacial score (nSPS) is 11.2. The van der Waals surface area contributed by atoms with Crippen molar-refractivity contribution in [3.8, 4) is 5.82 Å². The molecule has 0 atom stereocenters. The summed E-state index contributed by atoms with van der Waals surface area (Å²) < 4.78 is 8.06. The quantitative estimate of drug-likeness (QED) is 0.281. The van der Waals surface area contributed by atoms with E-state index in [1.54, 1.807) is 12.3 Å². The third-order valence-electron chi connectivity index (χ3n) is 5.48. The fraction of sp³-hybridized carbons (Fsp3) is 0. The van der Waals surface area contributed by atoms with Crippen LogP contribution in [0.25, 0.3) is 44.2 Å². The standard InChI is InChI=1S/C29H22N2O/c1-3-4-11-21(2)23-12-7-5-6-8-15-27(30-20-23)31-25-14-10-9-13-24(25)28-26(31)17-16-22-18-19-32-29(22)28/h3-20H,1-2H2/b6-5?,7-5?,8-6?,11-4-,12-7?,15-8?,23-12?,23-20?,27-15?,30-20?,30-27?. The highest BCUT2D eigenvalue weighted by Gasteiger charge is 2.16. The van der Waals surface area contributed by atoms with Crippen LogP contribution in [0.3, 0.4) is 0 Å². The van der Waals surface area contributed by atoms with Gasteiger partial charge in [0, 0.05) is 17.0 Å². The van der Waals surface area contributed by atoms with Gasteiger partial charge in [0.2, 0.25) is 0 Å². The Morgan fingerprint density at radius 3 is 2.56 bits per heavy atom. The molecule has 0 aliphatic rings. The first-order chi connectivity index (χ1) is 15.8. The number of furan rings is 1. The predicted molar refractivity (Wildman–Crippen MR) is 134 cm³/mol. The number of hydrogen-bond acceptors (Lipinski definition) is 2. The SMILES string of the molecule is C=C/C=C\C(=C)c1ccccccc(-n2c3ccccc3c3c4occc4ccc32)nc1. The minimum absolute atomic E-state index is 0.806. The molecule has 0 radical (unpaired) electrons. The predicted octanol–water partition coefficient (Wildman–Crippen LogP) is 7.80. The molecule has 0 fully saturated rings. The number of fused-ring (bicyclic) bond motifs is 5. The Morgan fingerprint density at radius 1 is 0.875 bits per heavy atom. The molecule has 0 amide bonds. The Morgan fingerprint density at radius 2 is 1.69 bits per heavy atom. The van der Waals surface area contributed by atoms with Crippen molar-refractivity contribution in [1.82, 2.24) is 9.55 Å². The van der Waals surface area contributed by atoms with Gasteiger partial charge in [-0.1, -0.05) is 79.9 Å². The molecule has 3 heterocycles. The maximum atomic E-state index is 5.88. The highest BCUT2D eigenvalue weighted by Crippen LogP contribution is 2.36. The molecular formula is C29H22N2O. The molecule has 154 valence electrons. The molecule has 32 heavy (non-hydrogen) atoms. The second-order valence-electron chi connectivity index (χ2n) is 7.45. The third-order valence-corrected chi connectivity index (χ3v) is 5.48. The van der Waals surface area contributed by atoms with Crippen LogP contribution in [0.4, 0.5) is 0 Å². The molecule has 0 N–H and O–H groups in total. The molecule has 5 aromatic rings. The molecule has 3 aromatic heterocycles. The van der Waals surface area contributed by atoms with Crippen LogP contribution in [0, 0.1) is 0 Å². The summed E-state index contributed by atoms with van der Waals surface area (Å²) in [6.45, 7) is 7.91. The largest absolute Gasteiger partial charge is 0.464 e. The molecule has 0 bridgehead atoms. The monoisotopic (exact) mass is 414 g/mol. The summed E-state index contributed by atoms with van der Waals surface area (Å²) in [6.07, 6.45) is 9.14. The number of para-hydroxylation sites is 1. The number of benzene rings is 2. The van der Waals surface area contributed by atoms with Crippen molar-refractivity contribution in [2.24, 2.45) is 0 Å². The molecule has 0 saturated heterocycles. The van der Waals surface area contributed by atoms with Gasteiger partial charge in [0.25, 0.3) is 0 Å². The molecule has 3 heteroatoms. The summed E-state index contributed by atoms with van der Waals surface area (Å²) in [6, 6.07) is 26.6. The highest BCUT2D eigenvalue weighted by atomic mass is 16.3. The van der Waals surface area contributed by atoms with Crippen molar-refractivity contribution in [2.75, 3.05) is 0 Å². The molecule has 0 aliphatic carbocycles. The first kappa shape index (κ1) is 19.6. The summed E-state index contributed by atoms with van der Waals surface area (Å²) >= 11 is 0. The Kier molecular flexibility index (Phi) is 5.14. The van der Waals surface area contributed by atoms with Gasteiger partial charge in [-0.05, 0) is 41.5 Å². The van der Waals surface area contributed by atoms with Gasteiger partial charge in [0.15, 0.2) is 0 Å².